The molecule has 104 valence electrons. The van der Waals surface area contributed by atoms with E-state index < -0.39 is 11.7 Å². The summed E-state index contributed by atoms with van der Waals surface area (Å²) in [5.41, 5.74) is 6.30. The molecule has 0 aliphatic heterocycles. The zero-order chi connectivity index (χ0) is 14.7. The van der Waals surface area contributed by atoms with Crippen molar-refractivity contribution in [2.75, 3.05) is 14.2 Å². The monoisotopic (exact) mass is 275 g/mol. The smallest absolute Gasteiger partial charge is 0.251 e. The summed E-state index contributed by atoms with van der Waals surface area (Å²) in [4.78, 5) is 11.2. The number of ether oxygens (including phenoxy) is 2. The number of benzene rings is 2. The molecule has 0 aromatic heterocycles. The summed E-state index contributed by atoms with van der Waals surface area (Å²) in [6.07, 6.45) is 0. The molecule has 0 heterocycles. The largest absolute Gasteiger partial charge is 0.493 e. The van der Waals surface area contributed by atoms with Gasteiger partial charge in [-0.15, -0.1) is 0 Å². The molecule has 20 heavy (non-hydrogen) atoms. The fourth-order valence-electron chi connectivity index (χ4n) is 2.00. The van der Waals surface area contributed by atoms with Crippen molar-refractivity contribution in [3.63, 3.8) is 0 Å². The van der Waals surface area contributed by atoms with Crippen LogP contribution in [0.2, 0.25) is 0 Å². The van der Waals surface area contributed by atoms with Crippen LogP contribution in [0.4, 0.5) is 4.39 Å². The second-order valence-electron chi connectivity index (χ2n) is 4.10. The summed E-state index contributed by atoms with van der Waals surface area (Å²) < 4.78 is 24.0. The molecule has 0 aliphatic carbocycles. The van der Waals surface area contributed by atoms with Crippen LogP contribution in [-0.4, -0.2) is 20.1 Å². The molecule has 4 nitrogen and oxygen atoms in total. The number of para-hydroxylation sites is 1. The van der Waals surface area contributed by atoms with Gasteiger partial charge in [0.05, 0.1) is 19.8 Å². The molecule has 0 unspecified atom stereocenters. The Balaban J connectivity index is 2.63. The van der Waals surface area contributed by atoms with Crippen molar-refractivity contribution in [2.45, 2.75) is 0 Å². The normalized spacial score (nSPS) is 10.2. The summed E-state index contributed by atoms with van der Waals surface area (Å²) in [6, 6.07) is 9.48. The molecule has 0 atom stereocenters. The summed E-state index contributed by atoms with van der Waals surface area (Å²) in [5.74, 6) is -0.402. The van der Waals surface area contributed by atoms with Gasteiger partial charge in [0, 0.05) is 5.56 Å². The van der Waals surface area contributed by atoms with Gasteiger partial charge in [0.2, 0.25) is 0 Å². The lowest BCUT2D eigenvalue weighted by Gasteiger charge is -2.13. The minimum atomic E-state index is -0.814. The first-order valence-corrected chi connectivity index (χ1v) is 5.89. The van der Waals surface area contributed by atoms with Crippen LogP contribution in [0.5, 0.6) is 11.5 Å². The van der Waals surface area contributed by atoms with E-state index in [1.165, 1.54) is 26.4 Å². The lowest BCUT2D eigenvalue weighted by atomic mass is 10.0. The van der Waals surface area contributed by atoms with Gasteiger partial charge in [0.15, 0.2) is 11.5 Å². The maximum absolute atomic E-state index is 13.5. The predicted molar refractivity (Wildman–Crippen MR) is 73.5 cm³/mol. The number of hydrogen-bond donors (Lipinski definition) is 1. The Morgan fingerprint density at radius 2 is 1.90 bits per heavy atom. The number of rotatable bonds is 4. The fraction of sp³-hybridized carbons (Fsp3) is 0.133. The van der Waals surface area contributed by atoms with Crippen LogP contribution in [-0.2, 0) is 0 Å². The van der Waals surface area contributed by atoms with Crippen LogP contribution in [0, 0.1) is 5.82 Å². The molecule has 0 radical (unpaired) electrons. The minimum Gasteiger partial charge on any atom is -0.493 e. The number of primary amides is 1. The van der Waals surface area contributed by atoms with Gasteiger partial charge in [-0.3, -0.25) is 4.79 Å². The highest BCUT2D eigenvalue weighted by molar-refractivity contribution is 5.94. The van der Waals surface area contributed by atoms with Crippen molar-refractivity contribution >= 4 is 5.91 Å². The van der Waals surface area contributed by atoms with Gasteiger partial charge in [-0.2, -0.15) is 0 Å². The van der Waals surface area contributed by atoms with Crippen LogP contribution in [0.25, 0.3) is 11.1 Å². The van der Waals surface area contributed by atoms with Crippen molar-refractivity contribution in [1.82, 2.24) is 0 Å². The Hall–Kier alpha value is -2.56. The molecule has 0 bridgehead atoms. The number of methoxy groups -OCH3 is 2. The molecule has 2 aromatic carbocycles. The average Bonchev–Trinajstić information content (AvgIpc) is 2.46. The Bertz CT molecular complexity index is 656. The van der Waals surface area contributed by atoms with Gasteiger partial charge < -0.3 is 15.2 Å². The predicted octanol–water partition coefficient (Wildman–Crippen LogP) is 2.61. The Morgan fingerprint density at radius 1 is 1.15 bits per heavy atom. The molecule has 0 aliphatic rings. The average molecular weight is 275 g/mol. The van der Waals surface area contributed by atoms with E-state index in [4.69, 9.17) is 15.2 Å². The van der Waals surface area contributed by atoms with E-state index in [1.807, 2.05) is 0 Å². The topological polar surface area (TPSA) is 61.5 Å². The highest BCUT2D eigenvalue weighted by atomic mass is 19.1. The maximum Gasteiger partial charge on any atom is 0.251 e. The fourth-order valence-corrected chi connectivity index (χ4v) is 2.00. The second-order valence-corrected chi connectivity index (χ2v) is 4.10. The van der Waals surface area contributed by atoms with Crippen molar-refractivity contribution < 1.29 is 18.7 Å². The number of amides is 1. The minimum absolute atomic E-state index is 0.160. The third-order valence-corrected chi connectivity index (χ3v) is 2.95. The highest BCUT2D eigenvalue weighted by Gasteiger charge is 2.15. The van der Waals surface area contributed by atoms with Crippen LogP contribution in [0.3, 0.4) is 0 Å². The van der Waals surface area contributed by atoms with E-state index in [0.717, 1.165) is 0 Å². The number of nitrogens with two attached hydrogens (primary N) is 1. The Morgan fingerprint density at radius 3 is 2.50 bits per heavy atom. The van der Waals surface area contributed by atoms with Crippen molar-refractivity contribution in [3.8, 4) is 22.6 Å². The summed E-state index contributed by atoms with van der Waals surface area (Å²) >= 11 is 0. The van der Waals surface area contributed by atoms with Crippen LogP contribution in [0.15, 0.2) is 36.4 Å². The van der Waals surface area contributed by atoms with Gasteiger partial charge in [-0.1, -0.05) is 18.2 Å². The third-order valence-electron chi connectivity index (χ3n) is 2.95. The zero-order valence-corrected chi connectivity index (χ0v) is 11.1. The molecule has 2 N–H and O–H groups in total. The SMILES string of the molecule is COc1cccc(-c2ccc(F)c(C(N)=O)c2)c1OC. The van der Waals surface area contributed by atoms with Gasteiger partial charge in [0.25, 0.3) is 5.91 Å². The van der Waals surface area contributed by atoms with E-state index in [0.29, 0.717) is 22.6 Å². The van der Waals surface area contributed by atoms with Gasteiger partial charge >= 0.3 is 0 Å². The zero-order valence-electron chi connectivity index (χ0n) is 11.1. The summed E-state index contributed by atoms with van der Waals surface area (Å²) in [7, 11) is 3.04. The number of halogens is 1. The highest BCUT2D eigenvalue weighted by Crippen LogP contribution is 2.38. The summed E-state index contributed by atoms with van der Waals surface area (Å²) in [6.45, 7) is 0. The van der Waals surface area contributed by atoms with E-state index in [1.54, 1.807) is 24.3 Å². The summed E-state index contributed by atoms with van der Waals surface area (Å²) in [5, 5.41) is 0. The van der Waals surface area contributed by atoms with Gasteiger partial charge in [0.1, 0.15) is 5.82 Å². The van der Waals surface area contributed by atoms with Crippen molar-refractivity contribution in [3.05, 3.63) is 47.8 Å². The quantitative estimate of drug-likeness (QED) is 0.933. The molecule has 0 saturated carbocycles. The van der Waals surface area contributed by atoms with Gasteiger partial charge in [-0.25, -0.2) is 4.39 Å². The standard InChI is InChI=1S/C15H14FNO3/c1-19-13-5-3-4-10(14(13)20-2)9-6-7-12(16)11(8-9)15(17)18/h3-8H,1-2H3,(H2,17,18). The number of carbonyl (C=O) groups is 1. The van der Waals surface area contributed by atoms with E-state index in [9.17, 15) is 9.18 Å². The lowest BCUT2D eigenvalue weighted by molar-refractivity contribution is 0.0996. The molecular weight excluding hydrogens is 261 g/mol. The molecule has 2 rings (SSSR count). The third kappa shape index (κ3) is 2.42. The molecular formula is C15H14FNO3. The first-order valence-electron chi connectivity index (χ1n) is 5.89. The molecule has 0 saturated heterocycles. The van der Waals surface area contributed by atoms with Crippen LogP contribution >= 0.6 is 0 Å². The molecule has 0 spiro atoms. The van der Waals surface area contributed by atoms with Crippen molar-refractivity contribution in [1.29, 1.82) is 0 Å². The first kappa shape index (κ1) is 13.9. The van der Waals surface area contributed by atoms with Gasteiger partial charge in [-0.05, 0) is 23.8 Å². The maximum atomic E-state index is 13.5. The van der Waals surface area contributed by atoms with Crippen molar-refractivity contribution in [2.24, 2.45) is 5.73 Å². The second kappa shape index (κ2) is 5.61. The lowest BCUT2D eigenvalue weighted by Crippen LogP contribution is -2.13. The number of hydrogen-bond acceptors (Lipinski definition) is 3. The molecule has 1 amide bonds. The molecule has 2 aromatic rings. The van der Waals surface area contributed by atoms with E-state index in [2.05, 4.69) is 0 Å². The Kier molecular flexibility index (Phi) is 3.89. The Labute approximate surface area is 115 Å². The first-order chi connectivity index (χ1) is 9.58. The van der Waals surface area contributed by atoms with Crippen LogP contribution in [0.1, 0.15) is 10.4 Å². The van der Waals surface area contributed by atoms with E-state index >= 15 is 0 Å². The molecule has 0 fully saturated rings. The van der Waals surface area contributed by atoms with E-state index in [-0.39, 0.29) is 5.56 Å². The molecule has 5 heteroatoms. The van der Waals surface area contributed by atoms with Crippen LogP contribution < -0.4 is 15.2 Å². The number of carbonyl (C=O) groups excluding carboxylic acids is 1.